The average Bonchev–Trinajstić information content (AvgIpc) is 2.53. The van der Waals surface area contributed by atoms with Gasteiger partial charge in [-0.15, -0.1) is 0 Å². The van der Waals surface area contributed by atoms with Crippen LogP contribution in [0, 0.1) is 0 Å². The molecule has 2 N–H and O–H groups in total. The van der Waals surface area contributed by atoms with Crippen molar-refractivity contribution in [2.24, 2.45) is 0 Å². The minimum atomic E-state index is -0.939. The van der Waals surface area contributed by atoms with Crippen molar-refractivity contribution in [3.05, 3.63) is 0 Å². The van der Waals surface area contributed by atoms with Crippen LogP contribution in [0.1, 0.15) is 6.42 Å². The van der Waals surface area contributed by atoms with Crippen molar-refractivity contribution in [1.29, 1.82) is 0 Å². The van der Waals surface area contributed by atoms with Crippen LogP contribution in [-0.2, 0) is 14.3 Å². The Kier molecular flexibility index (Phi) is 2.23. The van der Waals surface area contributed by atoms with E-state index in [0.29, 0.717) is 13.2 Å². The molecule has 0 bridgehead atoms. The van der Waals surface area contributed by atoms with E-state index in [1.807, 2.05) is 0 Å². The van der Waals surface area contributed by atoms with E-state index in [9.17, 15) is 4.79 Å². The average molecular weight is 187 g/mol. The highest BCUT2D eigenvalue weighted by Crippen LogP contribution is 2.25. The molecule has 0 saturated carbocycles. The van der Waals surface area contributed by atoms with Gasteiger partial charge in [0.15, 0.2) is 6.10 Å². The lowest BCUT2D eigenvalue weighted by Crippen LogP contribution is -2.51. The van der Waals surface area contributed by atoms with Gasteiger partial charge in [-0.2, -0.15) is 0 Å². The van der Waals surface area contributed by atoms with Gasteiger partial charge in [0, 0.05) is 6.54 Å². The van der Waals surface area contributed by atoms with Gasteiger partial charge >= 0.3 is 5.97 Å². The van der Waals surface area contributed by atoms with Crippen LogP contribution >= 0.6 is 0 Å². The quantitative estimate of drug-likeness (QED) is 0.563. The number of hydrogen-bond acceptors (Lipinski definition) is 4. The molecule has 2 aliphatic rings. The van der Waals surface area contributed by atoms with Gasteiger partial charge in [-0.25, -0.2) is 4.79 Å². The van der Waals surface area contributed by atoms with Crippen molar-refractivity contribution < 1.29 is 19.4 Å². The Morgan fingerprint density at radius 3 is 3.08 bits per heavy atom. The van der Waals surface area contributed by atoms with Crippen LogP contribution in [0.15, 0.2) is 0 Å². The molecule has 0 radical (unpaired) electrons. The van der Waals surface area contributed by atoms with Gasteiger partial charge in [0.2, 0.25) is 0 Å². The number of carbonyl (C=O) groups is 1. The molecule has 0 aromatic rings. The Labute approximate surface area is 76.0 Å². The molecule has 2 atom stereocenters. The minimum Gasteiger partial charge on any atom is -0.479 e. The monoisotopic (exact) mass is 187 g/mol. The van der Waals surface area contributed by atoms with E-state index >= 15 is 0 Å². The van der Waals surface area contributed by atoms with Crippen molar-refractivity contribution in [2.45, 2.75) is 18.1 Å². The SMILES string of the molecule is O=C(O)C1COCC2(CCNC2)O1. The van der Waals surface area contributed by atoms with Gasteiger partial charge in [0.1, 0.15) is 5.60 Å². The summed E-state index contributed by atoms with van der Waals surface area (Å²) in [5.74, 6) is -0.939. The number of carboxylic acids is 1. The Balaban J connectivity index is 2.02. The summed E-state index contributed by atoms with van der Waals surface area (Å²) in [6.45, 7) is 2.23. The van der Waals surface area contributed by atoms with Gasteiger partial charge < -0.3 is 19.9 Å². The third-order valence-electron chi connectivity index (χ3n) is 2.51. The highest BCUT2D eigenvalue weighted by atomic mass is 16.6. The molecule has 0 amide bonds. The summed E-state index contributed by atoms with van der Waals surface area (Å²) in [4.78, 5) is 10.7. The van der Waals surface area contributed by atoms with Crippen LogP contribution in [0.5, 0.6) is 0 Å². The second kappa shape index (κ2) is 3.25. The predicted octanol–water partition coefficient (Wildman–Crippen LogP) is -0.781. The summed E-state index contributed by atoms with van der Waals surface area (Å²) in [5, 5.41) is 11.9. The summed E-state index contributed by atoms with van der Waals surface area (Å²) in [6, 6.07) is 0. The molecule has 0 aromatic carbocycles. The first kappa shape index (κ1) is 8.93. The second-order valence-electron chi connectivity index (χ2n) is 3.57. The van der Waals surface area contributed by atoms with E-state index in [1.165, 1.54) is 0 Å². The molecular weight excluding hydrogens is 174 g/mol. The molecule has 5 heteroatoms. The van der Waals surface area contributed by atoms with E-state index in [2.05, 4.69) is 5.32 Å². The minimum absolute atomic E-state index is 0.164. The van der Waals surface area contributed by atoms with Crippen LogP contribution in [-0.4, -0.2) is 49.1 Å². The fourth-order valence-electron chi connectivity index (χ4n) is 1.79. The van der Waals surface area contributed by atoms with Crippen LogP contribution < -0.4 is 5.32 Å². The zero-order valence-corrected chi connectivity index (χ0v) is 7.28. The first-order valence-corrected chi connectivity index (χ1v) is 4.41. The molecule has 5 nitrogen and oxygen atoms in total. The Morgan fingerprint density at radius 1 is 1.62 bits per heavy atom. The third-order valence-corrected chi connectivity index (χ3v) is 2.51. The number of aliphatic carboxylic acids is 1. The standard InChI is InChI=1S/C8H13NO4/c10-7(11)6-3-12-5-8(13-6)1-2-9-4-8/h6,9H,1-5H2,(H,10,11). The lowest BCUT2D eigenvalue weighted by atomic mass is 10.0. The van der Waals surface area contributed by atoms with Crippen molar-refractivity contribution in [2.75, 3.05) is 26.3 Å². The maximum Gasteiger partial charge on any atom is 0.335 e. The lowest BCUT2D eigenvalue weighted by molar-refractivity contribution is -0.204. The Bertz CT molecular complexity index is 212. The van der Waals surface area contributed by atoms with Gasteiger partial charge in [-0.05, 0) is 13.0 Å². The summed E-state index contributed by atoms with van der Waals surface area (Å²) in [7, 11) is 0. The molecule has 74 valence electrons. The molecule has 2 saturated heterocycles. The highest BCUT2D eigenvalue weighted by molar-refractivity contribution is 5.72. The first-order valence-electron chi connectivity index (χ1n) is 4.41. The zero-order chi connectivity index (χ0) is 9.31. The molecule has 0 aliphatic carbocycles. The molecule has 2 aliphatic heterocycles. The van der Waals surface area contributed by atoms with Gasteiger partial charge in [-0.1, -0.05) is 0 Å². The van der Waals surface area contributed by atoms with E-state index in [0.717, 1.165) is 13.0 Å². The molecule has 2 rings (SSSR count). The predicted molar refractivity (Wildman–Crippen MR) is 43.5 cm³/mol. The van der Waals surface area contributed by atoms with E-state index < -0.39 is 12.1 Å². The lowest BCUT2D eigenvalue weighted by Gasteiger charge is -2.36. The maximum absolute atomic E-state index is 10.7. The van der Waals surface area contributed by atoms with Crippen LogP contribution in [0.2, 0.25) is 0 Å². The van der Waals surface area contributed by atoms with Crippen LogP contribution in [0.4, 0.5) is 0 Å². The van der Waals surface area contributed by atoms with Gasteiger partial charge in [0.25, 0.3) is 0 Å². The van der Waals surface area contributed by atoms with Gasteiger partial charge in [-0.3, -0.25) is 0 Å². The van der Waals surface area contributed by atoms with E-state index in [1.54, 1.807) is 0 Å². The normalized spacial score (nSPS) is 39.5. The fourth-order valence-corrected chi connectivity index (χ4v) is 1.79. The molecule has 2 unspecified atom stereocenters. The molecule has 0 aromatic heterocycles. The molecule has 1 spiro atoms. The second-order valence-corrected chi connectivity index (χ2v) is 3.57. The third kappa shape index (κ3) is 1.67. The number of rotatable bonds is 1. The summed E-state index contributed by atoms with van der Waals surface area (Å²) in [5.41, 5.74) is -0.388. The fraction of sp³-hybridized carbons (Fsp3) is 0.875. The van der Waals surface area contributed by atoms with E-state index in [4.69, 9.17) is 14.6 Å². The topological polar surface area (TPSA) is 67.8 Å². The molecule has 13 heavy (non-hydrogen) atoms. The highest BCUT2D eigenvalue weighted by Gasteiger charge is 2.42. The van der Waals surface area contributed by atoms with Crippen molar-refractivity contribution in [1.82, 2.24) is 5.32 Å². The van der Waals surface area contributed by atoms with Crippen molar-refractivity contribution >= 4 is 5.97 Å². The largest absolute Gasteiger partial charge is 0.479 e. The first-order chi connectivity index (χ1) is 6.22. The molecule has 2 heterocycles. The summed E-state index contributed by atoms with van der Waals surface area (Å²) in [6.07, 6.45) is 0.0326. The summed E-state index contributed by atoms with van der Waals surface area (Å²) >= 11 is 0. The van der Waals surface area contributed by atoms with Gasteiger partial charge in [0.05, 0.1) is 13.2 Å². The summed E-state index contributed by atoms with van der Waals surface area (Å²) < 4.78 is 10.7. The van der Waals surface area contributed by atoms with E-state index in [-0.39, 0.29) is 12.2 Å². The smallest absolute Gasteiger partial charge is 0.335 e. The zero-order valence-electron chi connectivity index (χ0n) is 7.28. The van der Waals surface area contributed by atoms with Crippen molar-refractivity contribution in [3.8, 4) is 0 Å². The molecule has 2 fully saturated rings. The number of ether oxygens (including phenoxy) is 2. The number of hydrogen-bond donors (Lipinski definition) is 2. The maximum atomic E-state index is 10.7. The molecular formula is C8H13NO4. The van der Waals surface area contributed by atoms with Crippen LogP contribution in [0.25, 0.3) is 0 Å². The number of carboxylic acid groups (broad SMARTS) is 1. The Hall–Kier alpha value is -0.650. The van der Waals surface area contributed by atoms with Crippen LogP contribution in [0.3, 0.4) is 0 Å². The number of nitrogens with one attached hydrogen (secondary N) is 1. The Morgan fingerprint density at radius 2 is 2.46 bits per heavy atom. The van der Waals surface area contributed by atoms with Crippen molar-refractivity contribution in [3.63, 3.8) is 0 Å².